The Morgan fingerprint density at radius 3 is 2.48 bits per heavy atom. The second-order valence-electron chi connectivity index (χ2n) is 5.77. The lowest BCUT2D eigenvalue weighted by atomic mass is 10.1. The highest BCUT2D eigenvalue weighted by atomic mass is 16.4. The van der Waals surface area contributed by atoms with Gasteiger partial charge in [0.05, 0.1) is 16.6 Å². The van der Waals surface area contributed by atoms with E-state index in [-0.39, 0.29) is 6.54 Å². The van der Waals surface area contributed by atoms with Gasteiger partial charge in [-0.1, -0.05) is 24.3 Å². The Morgan fingerprint density at radius 2 is 1.78 bits per heavy atom. The van der Waals surface area contributed by atoms with Crippen molar-refractivity contribution in [1.29, 1.82) is 0 Å². The van der Waals surface area contributed by atoms with Crippen LogP contribution in [0.4, 0.5) is 0 Å². The van der Waals surface area contributed by atoms with Gasteiger partial charge in [0.15, 0.2) is 5.65 Å². The number of aryl methyl sites for hydroxylation is 2. The van der Waals surface area contributed by atoms with Crippen LogP contribution in [-0.2, 0) is 11.3 Å². The summed E-state index contributed by atoms with van der Waals surface area (Å²) in [6.45, 7) is 3.90. The Labute approximate surface area is 132 Å². The molecular formula is C18H15N3O2. The molecule has 0 radical (unpaired) electrons. The molecule has 4 rings (SSSR count). The van der Waals surface area contributed by atoms with Crippen LogP contribution in [-0.4, -0.2) is 25.6 Å². The first kappa shape index (κ1) is 13.7. The molecule has 0 saturated carbocycles. The second-order valence-corrected chi connectivity index (χ2v) is 5.77. The minimum atomic E-state index is -0.889. The number of aromatic nitrogens is 3. The normalized spacial score (nSPS) is 11.6. The average molecular weight is 305 g/mol. The van der Waals surface area contributed by atoms with E-state index in [1.807, 2.05) is 50.2 Å². The summed E-state index contributed by atoms with van der Waals surface area (Å²) < 4.78 is 1.76. The number of hydrogen-bond acceptors (Lipinski definition) is 3. The molecule has 0 fully saturated rings. The molecule has 5 heteroatoms. The molecule has 114 valence electrons. The Kier molecular flexibility index (Phi) is 2.84. The smallest absolute Gasteiger partial charge is 0.323 e. The quantitative estimate of drug-likeness (QED) is 0.616. The third-order valence-electron chi connectivity index (χ3n) is 4.33. The van der Waals surface area contributed by atoms with Gasteiger partial charge in [0.25, 0.3) is 0 Å². The van der Waals surface area contributed by atoms with E-state index in [0.717, 1.165) is 38.6 Å². The third kappa shape index (κ3) is 1.97. The van der Waals surface area contributed by atoms with Crippen LogP contribution in [0.5, 0.6) is 0 Å². The van der Waals surface area contributed by atoms with Crippen LogP contribution in [0.3, 0.4) is 0 Å². The van der Waals surface area contributed by atoms with Gasteiger partial charge >= 0.3 is 5.97 Å². The Balaban J connectivity index is 2.24. The van der Waals surface area contributed by atoms with Gasteiger partial charge in [-0.2, -0.15) is 0 Å². The fourth-order valence-electron chi connectivity index (χ4n) is 3.09. The van der Waals surface area contributed by atoms with E-state index < -0.39 is 5.97 Å². The molecule has 0 atom stereocenters. The van der Waals surface area contributed by atoms with E-state index in [1.165, 1.54) is 0 Å². The average Bonchev–Trinajstić information content (AvgIpc) is 2.82. The first-order valence-electron chi connectivity index (χ1n) is 7.43. The van der Waals surface area contributed by atoms with Crippen molar-refractivity contribution in [2.45, 2.75) is 20.4 Å². The molecule has 4 aromatic rings. The minimum Gasteiger partial charge on any atom is -0.480 e. The molecule has 0 spiro atoms. The van der Waals surface area contributed by atoms with Crippen LogP contribution in [0, 0.1) is 13.8 Å². The van der Waals surface area contributed by atoms with Gasteiger partial charge in [-0.3, -0.25) is 4.79 Å². The zero-order chi connectivity index (χ0) is 16.1. The van der Waals surface area contributed by atoms with Gasteiger partial charge in [0, 0.05) is 5.39 Å². The molecule has 2 aromatic heterocycles. The molecule has 0 unspecified atom stereocenters. The van der Waals surface area contributed by atoms with E-state index >= 15 is 0 Å². The zero-order valence-corrected chi connectivity index (χ0v) is 12.9. The molecule has 0 aliphatic carbocycles. The first-order chi connectivity index (χ1) is 11.1. The van der Waals surface area contributed by atoms with E-state index in [1.54, 1.807) is 4.57 Å². The highest BCUT2D eigenvalue weighted by Gasteiger charge is 2.18. The molecule has 0 saturated heterocycles. The third-order valence-corrected chi connectivity index (χ3v) is 4.33. The Hall–Kier alpha value is -2.95. The molecule has 0 aliphatic rings. The van der Waals surface area contributed by atoms with Crippen molar-refractivity contribution in [2.75, 3.05) is 0 Å². The van der Waals surface area contributed by atoms with E-state index in [4.69, 9.17) is 4.98 Å². The summed E-state index contributed by atoms with van der Waals surface area (Å²) in [5, 5.41) is 10.3. The van der Waals surface area contributed by atoms with Crippen molar-refractivity contribution in [2.24, 2.45) is 0 Å². The maximum atomic E-state index is 11.3. The fraction of sp³-hybridized carbons (Fsp3) is 0.167. The van der Waals surface area contributed by atoms with Crippen LogP contribution in [0.2, 0.25) is 0 Å². The number of nitrogens with zero attached hydrogens (tertiary/aromatic N) is 3. The maximum Gasteiger partial charge on any atom is 0.323 e. The van der Waals surface area contributed by atoms with Crippen LogP contribution in [0.1, 0.15) is 11.1 Å². The number of para-hydroxylation sites is 2. The molecule has 2 heterocycles. The summed E-state index contributed by atoms with van der Waals surface area (Å²) in [5.41, 5.74) is 6.04. The zero-order valence-electron chi connectivity index (χ0n) is 12.9. The minimum absolute atomic E-state index is 0.128. The molecule has 0 bridgehead atoms. The lowest BCUT2D eigenvalue weighted by Crippen LogP contribution is -2.10. The summed E-state index contributed by atoms with van der Waals surface area (Å²) in [7, 11) is 0. The van der Waals surface area contributed by atoms with Crippen LogP contribution < -0.4 is 0 Å². The van der Waals surface area contributed by atoms with Gasteiger partial charge in [-0.05, 0) is 37.1 Å². The highest BCUT2D eigenvalue weighted by Crippen LogP contribution is 2.31. The number of fused-ring (bicyclic) bond motifs is 4. The highest BCUT2D eigenvalue weighted by molar-refractivity contribution is 6.08. The fourth-order valence-corrected chi connectivity index (χ4v) is 3.09. The number of aliphatic carboxylic acids is 1. The van der Waals surface area contributed by atoms with Crippen molar-refractivity contribution in [3.8, 4) is 0 Å². The number of carboxylic acids is 1. The lowest BCUT2D eigenvalue weighted by molar-refractivity contribution is -0.137. The predicted molar refractivity (Wildman–Crippen MR) is 89.6 cm³/mol. The molecule has 0 aliphatic heterocycles. The van der Waals surface area contributed by atoms with Crippen LogP contribution in [0.15, 0.2) is 36.4 Å². The van der Waals surface area contributed by atoms with Crippen molar-refractivity contribution < 1.29 is 9.90 Å². The molecule has 1 N–H and O–H groups in total. The molecule has 0 amide bonds. The molecular weight excluding hydrogens is 290 g/mol. The second kappa shape index (κ2) is 4.78. The van der Waals surface area contributed by atoms with Gasteiger partial charge in [-0.25, -0.2) is 9.97 Å². The Morgan fingerprint density at radius 1 is 1.09 bits per heavy atom. The number of rotatable bonds is 2. The van der Waals surface area contributed by atoms with Crippen LogP contribution >= 0.6 is 0 Å². The van der Waals surface area contributed by atoms with Crippen LogP contribution in [0.25, 0.3) is 33.1 Å². The van der Waals surface area contributed by atoms with Crippen molar-refractivity contribution >= 4 is 39.1 Å². The maximum absolute atomic E-state index is 11.3. The van der Waals surface area contributed by atoms with Crippen molar-refractivity contribution in [1.82, 2.24) is 14.5 Å². The van der Waals surface area contributed by atoms with Gasteiger partial charge < -0.3 is 9.67 Å². The topological polar surface area (TPSA) is 68.0 Å². The van der Waals surface area contributed by atoms with Crippen molar-refractivity contribution in [3.05, 3.63) is 47.5 Å². The largest absolute Gasteiger partial charge is 0.480 e. The van der Waals surface area contributed by atoms with E-state index in [2.05, 4.69) is 4.98 Å². The standard InChI is InChI=1S/C18H15N3O2/c1-10-7-8-12-16-18(20-14-6-4-3-5-13(14)19-16)21(9-15(22)23)17(12)11(10)2/h3-8H,9H2,1-2H3,(H,22,23). The summed E-state index contributed by atoms with van der Waals surface area (Å²) in [4.78, 5) is 20.7. The molecule has 5 nitrogen and oxygen atoms in total. The summed E-state index contributed by atoms with van der Waals surface area (Å²) in [6, 6.07) is 11.7. The first-order valence-corrected chi connectivity index (χ1v) is 7.43. The van der Waals surface area contributed by atoms with Gasteiger partial charge in [0.2, 0.25) is 0 Å². The summed E-state index contributed by atoms with van der Waals surface area (Å²) in [6.07, 6.45) is 0. The van der Waals surface area contributed by atoms with Crippen molar-refractivity contribution in [3.63, 3.8) is 0 Å². The summed E-state index contributed by atoms with van der Waals surface area (Å²) >= 11 is 0. The lowest BCUT2D eigenvalue weighted by Gasteiger charge is -2.07. The van der Waals surface area contributed by atoms with E-state index in [9.17, 15) is 9.90 Å². The number of carbonyl (C=O) groups is 1. The monoisotopic (exact) mass is 305 g/mol. The number of benzene rings is 2. The molecule has 23 heavy (non-hydrogen) atoms. The molecule has 2 aromatic carbocycles. The summed E-state index contributed by atoms with van der Waals surface area (Å²) in [5.74, 6) is -0.889. The predicted octanol–water partition coefficient (Wildman–Crippen LogP) is 3.44. The Bertz CT molecular complexity index is 1100. The van der Waals surface area contributed by atoms with Gasteiger partial charge in [-0.15, -0.1) is 0 Å². The number of hydrogen-bond donors (Lipinski definition) is 1. The van der Waals surface area contributed by atoms with Gasteiger partial charge in [0.1, 0.15) is 12.1 Å². The van der Waals surface area contributed by atoms with E-state index in [0.29, 0.717) is 5.65 Å². The number of carboxylic acid groups (broad SMARTS) is 1. The SMILES string of the molecule is Cc1ccc2c3nc4ccccc4nc3n(CC(=O)O)c2c1C.